The van der Waals surface area contributed by atoms with E-state index in [0.29, 0.717) is 47.2 Å². The number of likely N-dealkylation sites (N-methyl/N-ethyl adjacent to an activating group) is 2. The summed E-state index contributed by atoms with van der Waals surface area (Å²) in [5.41, 5.74) is 2.85. The van der Waals surface area contributed by atoms with Crippen LogP contribution in [0.3, 0.4) is 0 Å². The van der Waals surface area contributed by atoms with Gasteiger partial charge < -0.3 is 23.7 Å². The molecule has 0 radical (unpaired) electrons. The fraction of sp³-hybridized carbons (Fsp3) is 0.388. The highest BCUT2D eigenvalue weighted by Crippen LogP contribution is 2.45. The smallest absolute Gasteiger partial charge is 0.410 e. The number of likely N-dealkylation sites (tertiary alicyclic amines) is 1. The third-order valence-corrected chi connectivity index (χ3v) is 12.5. The number of piperidine rings is 1. The fourth-order valence-corrected chi connectivity index (χ4v) is 9.35. The van der Waals surface area contributed by atoms with Crippen molar-refractivity contribution in [1.29, 1.82) is 0 Å². The summed E-state index contributed by atoms with van der Waals surface area (Å²) in [4.78, 5) is 99.9. The van der Waals surface area contributed by atoms with Crippen LogP contribution < -0.4 is 0 Å². The van der Waals surface area contributed by atoms with Gasteiger partial charge in [-0.3, -0.25) is 38.7 Å². The number of imide groups is 2. The number of carbonyl (C=O) groups is 6. The molecule has 0 saturated carbocycles. The van der Waals surface area contributed by atoms with E-state index in [9.17, 15) is 28.8 Å². The molecule has 3 unspecified atom stereocenters. The highest BCUT2D eigenvalue weighted by Gasteiger charge is 2.47. The molecule has 0 N–H and O–H groups in total. The molecule has 0 spiro atoms. The molecule has 65 heavy (non-hydrogen) atoms. The molecule has 4 aliphatic rings. The Morgan fingerprint density at radius 1 is 0.769 bits per heavy atom. The number of nitrogens with zero attached hydrogens (tertiary/aromatic N) is 9. The Morgan fingerprint density at radius 3 is 2.08 bits per heavy atom. The van der Waals surface area contributed by atoms with Gasteiger partial charge in [0.05, 0.1) is 18.3 Å². The van der Waals surface area contributed by atoms with Crippen molar-refractivity contribution in [3.8, 4) is 5.69 Å². The number of benzene rings is 2. The summed E-state index contributed by atoms with van der Waals surface area (Å²) in [6.45, 7) is 10.2. The van der Waals surface area contributed by atoms with E-state index in [0.717, 1.165) is 16.8 Å². The number of aromatic nitrogens is 4. The van der Waals surface area contributed by atoms with Gasteiger partial charge in [-0.25, -0.2) is 14.8 Å². The molecule has 1 fully saturated rings. The van der Waals surface area contributed by atoms with Gasteiger partial charge in [0.1, 0.15) is 11.6 Å². The lowest BCUT2D eigenvalue weighted by Gasteiger charge is -2.41. The lowest BCUT2D eigenvalue weighted by atomic mass is 9.70. The quantitative estimate of drug-likeness (QED) is 0.141. The predicted octanol–water partition coefficient (Wildman–Crippen LogP) is 5.44. The second kappa shape index (κ2) is 17.9. The number of hydrogen-bond acceptors (Lipinski definition) is 10. The molecular formula is C49H55N9O7. The van der Waals surface area contributed by atoms with Gasteiger partial charge in [0.25, 0.3) is 23.6 Å². The van der Waals surface area contributed by atoms with Gasteiger partial charge in [-0.1, -0.05) is 50.3 Å². The number of rotatable bonds is 15. The maximum Gasteiger partial charge on any atom is 0.410 e. The van der Waals surface area contributed by atoms with E-state index in [2.05, 4.69) is 9.97 Å². The summed E-state index contributed by atoms with van der Waals surface area (Å²) in [7, 11) is 3.43. The monoisotopic (exact) mass is 881 g/mol. The van der Waals surface area contributed by atoms with Gasteiger partial charge in [-0.2, -0.15) is 0 Å². The van der Waals surface area contributed by atoms with Crippen LogP contribution in [0.4, 0.5) is 4.79 Å². The van der Waals surface area contributed by atoms with Crippen molar-refractivity contribution >= 4 is 52.1 Å². The SMILES string of the molecule is CC(C)C(C(=O)N(CCCN(C)CCN1C(=O)C2=CC=CC3C(n4ccnc4)=CC=C(C1=O)C23)CCN1C(=O)c2cccc3c(-n4ccnc4)ccc(c23)C1=O)N(C)C(=O)OC(C)(C)C. The van der Waals surface area contributed by atoms with E-state index in [-0.39, 0.29) is 61.7 Å². The normalized spacial score (nSPS) is 18.5. The number of ether oxygens (including phenoxy) is 1. The first-order valence-electron chi connectivity index (χ1n) is 22.0. The summed E-state index contributed by atoms with van der Waals surface area (Å²) in [5.74, 6) is -2.75. The van der Waals surface area contributed by atoms with Crippen molar-refractivity contribution in [3.63, 3.8) is 0 Å². The first-order valence-corrected chi connectivity index (χ1v) is 22.0. The molecule has 0 bridgehead atoms. The molecule has 2 aliphatic heterocycles. The second-order valence-electron chi connectivity index (χ2n) is 18.3. The van der Waals surface area contributed by atoms with Crippen LogP contribution in [0.25, 0.3) is 22.2 Å². The minimum absolute atomic E-state index is 0.0124. The topological polar surface area (TPSA) is 163 Å². The highest BCUT2D eigenvalue weighted by atomic mass is 16.6. The van der Waals surface area contributed by atoms with Crippen LogP contribution in [-0.2, 0) is 19.1 Å². The molecule has 2 aliphatic carbocycles. The second-order valence-corrected chi connectivity index (χ2v) is 18.3. The van der Waals surface area contributed by atoms with Crippen molar-refractivity contribution in [2.45, 2.75) is 52.7 Å². The van der Waals surface area contributed by atoms with Crippen LogP contribution in [0.2, 0.25) is 0 Å². The standard InChI is InChI=1S/C49H55N9O7/c1-31(2)42(53(7)48(64)65-49(3,4)5)47(63)54(26-28-58-44(60)35-14-9-12-33-39(56-24-20-51-30-56)18-16-37(41(33)35)46(58)62)22-10-21-52(6)25-27-57-43(59)34-13-8-11-32-38(55-23-19-50-29-55)17-15-36(40(32)34)45(57)61/h8-9,11-20,23-24,29-32,40,42H,10,21-22,25-28H2,1-7H3. The van der Waals surface area contributed by atoms with Crippen molar-refractivity contribution in [1.82, 2.24) is 43.6 Å². The third kappa shape index (κ3) is 8.57. The van der Waals surface area contributed by atoms with Gasteiger partial charge in [-0.05, 0) is 71.0 Å². The lowest BCUT2D eigenvalue weighted by Crippen LogP contribution is -2.55. The summed E-state index contributed by atoms with van der Waals surface area (Å²) < 4.78 is 9.39. The van der Waals surface area contributed by atoms with Crippen molar-refractivity contribution in [2.24, 2.45) is 17.8 Å². The minimum Gasteiger partial charge on any atom is -0.444 e. The maximum atomic E-state index is 14.7. The molecule has 1 saturated heterocycles. The van der Waals surface area contributed by atoms with Crippen LogP contribution >= 0.6 is 0 Å². The molecular weight excluding hydrogens is 827 g/mol. The Kier molecular flexibility index (Phi) is 12.3. The zero-order valence-corrected chi connectivity index (χ0v) is 37.9. The molecule has 338 valence electrons. The molecule has 16 nitrogen and oxygen atoms in total. The Balaban J connectivity index is 0.971. The number of imidazole rings is 2. The molecule has 3 atom stereocenters. The van der Waals surface area contributed by atoms with Crippen LogP contribution in [-0.4, -0.2) is 144 Å². The van der Waals surface area contributed by atoms with E-state index in [4.69, 9.17) is 4.74 Å². The Bertz CT molecular complexity index is 2650. The molecule has 4 heterocycles. The molecule has 4 aromatic rings. The van der Waals surface area contributed by atoms with Gasteiger partial charge in [0.2, 0.25) is 5.91 Å². The van der Waals surface area contributed by atoms with Crippen LogP contribution in [0.5, 0.6) is 0 Å². The first-order chi connectivity index (χ1) is 31.1. The summed E-state index contributed by atoms with van der Waals surface area (Å²) >= 11 is 0. The Labute approximate surface area is 378 Å². The maximum absolute atomic E-state index is 14.7. The Hall–Kier alpha value is -6.94. The van der Waals surface area contributed by atoms with Crippen molar-refractivity contribution < 1.29 is 33.5 Å². The molecule has 2 aromatic heterocycles. The molecule has 6 amide bonds. The van der Waals surface area contributed by atoms with Crippen LogP contribution in [0, 0.1) is 17.8 Å². The number of hydrogen-bond donors (Lipinski definition) is 0. The van der Waals surface area contributed by atoms with E-state index < -0.39 is 29.6 Å². The zero-order valence-electron chi connectivity index (χ0n) is 37.9. The fourth-order valence-electron chi connectivity index (χ4n) is 9.35. The molecule has 16 heteroatoms. The van der Waals surface area contributed by atoms with Gasteiger partial charge in [-0.15, -0.1) is 0 Å². The lowest BCUT2D eigenvalue weighted by molar-refractivity contribution is -0.143. The highest BCUT2D eigenvalue weighted by molar-refractivity contribution is 6.26. The van der Waals surface area contributed by atoms with E-state index in [1.807, 2.05) is 77.6 Å². The van der Waals surface area contributed by atoms with E-state index in [1.54, 1.807) is 88.2 Å². The third-order valence-electron chi connectivity index (χ3n) is 12.5. The predicted molar refractivity (Wildman–Crippen MR) is 243 cm³/mol. The number of amides is 6. The minimum atomic E-state index is -0.908. The van der Waals surface area contributed by atoms with Gasteiger partial charge >= 0.3 is 6.09 Å². The van der Waals surface area contributed by atoms with Gasteiger partial charge in [0, 0.05) is 115 Å². The van der Waals surface area contributed by atoms with E-state index >= 15 is 0 Å². The Morgan fingerprint density at radius 2 is 1.42 bits per heavy atom. The largest absolute Gasteiger partial charge is 0.444 e. The van der Waals surface area contributed by atoms with Gasteiger partial charge in [0.15, 0.2) is 0 Å². The molecule has 2 aromatic carbocycles. The average molecular weight is 882 g/mol. The van der Waals surface area contributed by atoms with Crippen LogP contribution in [0.1, 0.15) is 61.8 Å². The number of allylic oxidation sites excluding steroid dienone is 6. The first kappa shape index (κ1) is 44.7. The van der Waals surface area contributed by atoms with E-state index in [1.165, 1.54) is 14.7 Å². The van der Waals surface area contributed by atoms with Crippen molar-refractivity contribution in [2.75, 3.05) is 53.4 Å². The summed E-state index contributed by atoms with van der Waals surface area (Å²) in [6, 6.07) is 8.02. The summed E-state index contributed by atoms with van der Waals surface area (Å²) in [5, 5.41) is 1.31. The number of carbonyl (C=O) groups excluding carboxylic acids is 6. The zero-order chi connectivity index (χ0) is 46.3. The summed E-state index contributed by atoms with van der Waals surface area (Å²) in [6.07, 6.45) is 19.6. The van der Waals surface area contributed by atoms with Crippen LogP contribution in [0.15, 0.2) is 109 Å². The van der Waals surface area contributed by atoms with Crippen molar-refractivity contribution in [3.05, 3.63) is 120 Å². The average Bonchev–Trinajstić information content (AvgIpc) is 4.02. The molecule has 8 rings (SSSR count).